The molecule has 0 fully saturated rings. The minimum atomic E-state index is 1.08. The lowest BCUT2D eigenvalue weighted by Gasteiger charge is -2.29. The Bertz CT molecular complexity index is 239. The normalized spacial score (nSPS) is 11.6. The predicted octanol–water partition coefficient (Wildman–Crippen LogP) is 2.67. The Morgan fingerprint density at radius 1 is 1.08 bits per heavy atom. The molecule has 0 aliphatic heterocycles. The van der Waals surface area contributed by atoms with Gasteiger partial charge >= 0.3 is 0 Å². The molecule has 0 spiro atoms. The van der Waals surface area contributed by atoms with Crippen molar-refractivity contribution in [3.63, 3.8) is 0 Å². The SMILES string of the molecule is CCC[N+](C)(C)Cc1ccccc1. The zero-order valence-corrected chi connectivity index (χ0v) is 8.96. The molecule has 0 aromatic heterocycles. The van der Waals surface area contributed by atoms with Crippen LogP contribution in [0.5, 0.6) is 0 Å². The zero-order chi connectivity index (χ0) is 9.73. The third-order valence-corrected chi connectivity index (χ3v) is 2.28. The minimum absolute atomic E-state index is 1.08. The van der Waals surface area contributed by atoms with Crippen molar-refractivity contribution < 1.29 is 4.48 Å². The molecule has 0 radical (unpaired) electrons. The summed E-state index contributed by atoms with van der Waals surface area (Å²) in [7, 11) is 4.58. The molecule has 0 bridgehead atoms. The van der Waals surface area contributed by atoms with Crippen LogP contribution in [0.25, 0.3) is 0 Å². The molecular formula is C12H20N+. The Hall–Kier alpha value is -0.820. The minimum Gasteiger partial charge on any atom is -0.325 e. The molecule has 0 N–H and O–H groups in total. The van der Waals surface area contributed by atoms with Gasteiger partial charge in [0.2, 0.25) is 0 Å². The standard InChI is InChI=1S/C12H20N/c1-4-10-13(2,3)11-12-8-6-5-7-9-12/h5-9H,4,10-11H2,1-3H3/q+1. The quantitative estimate of drug-likeness (QED) is 0.622. The van der Waals surface area contributed by atoms with Gasteiger partial charge in [0.1, 0.15) is 6.54 Å². The van der Waals surface area contributed by atoms with E-state index >= 15 is 0 Å². The third-order valence-electron chi connectivity index (χ3n) is 2.28. The monoisotopic (exact) mass is 178 g/mol. The Labute approximate surface area is 81.6 Å². The first-order chi connectivity index (χ1) is 6.14. The third kappa shape index (κ3) is 3.60. The highest BCUT2D eigenvalue weighted by molar-refractivity contribution is 5.13. The van der Waals surface area contributed by atoms with E-state index in [9.17, 15) is 0 Å². The highest BCUT2D eigenvalue weighted by Crippen LogP contribution is 2.09. The topological polar surface area (TPSA) is 0 Å². The van der Waals surface area contributed by atoms with Crippen LogP contribution in [0.15, 0.2) is 30.3 Å². The Balaban J connectivity index is 2.58. The number of hydrogen-bond acceptors (Lipinski definition) is 0. The van der Waals surface area contributed by atoms with Crippen LogP contribution < -0.4 is 0 Å². The van der Waals surface area contributed by atoms with Crippen molar-refractivity contribution in [2.24, 2.45) is 0 Å². The molecule has 0 unspecified atom stereocenters. The van der Waals surface area contributed by atoms with E-state index < -0.39 is 0 Å². The number of hydrogen-bond donors (Lipinski definition) is 0. The highest BCUT2D eigenvalue weighted by atomic mass is 15.3. The lowest BCUT2D eigenvalue weighted by molar-refractivity contribution is -0.903. The molecule has 0 aliphatic rings. The summed E-state index contributed by atoms with van der Waals surface area (Å²) in [4.78, 5) is 0. The molecule has 13 heavy (non-hydrogen) atoms. The van der Waals surface area contributed by atoms with Crippen LogP contribution in [0.3, 0.4) is 0 Å². The first-order valence-electron chi connectivity index (χ1n) is 5.00. The van der Waals surface area contributed by atoms with E-state index in [1.807, 2.05) is 0 Å². The average molecular weight is 178 g/mol. The lowest BCUT2D eigenvalue weighted by Crippen LogP contribution is -2.39. The number of benzene rings is 1. The van der Waals surface area contributed by atoms with Crippen LogP contribution in [-0.2, 0) is 6.54 Å². The molecular weight excluding hydrogens is 158 g/mol. The molecule has 1 heteroatoms. The highest BCUT2D eigenvalue weighted by Gasteiger charge is 2.13. The van der Waals surface area contributed by atoms with Gasteiger partial charge < -0.3 is 4.48 Å². The fourth-order valence-corrected chi connectivity index (χ4v) is 1.76. The summed E-state index contributed by atoms with van der Waals surface area (Å²) >= 11 is 0. The van der Waals surface area contributed by atoms with Gasteiger partial charge in [-0.25, -0.2) is 0 Å². The van der Waals surface area contributed by atoms with Crippen LogP contribution >= 0.6 is 0 Å². The number of quaternary nitrogens is 1. The maximum absolute atomic E-state index is 2.29. The molecule has 0 heterocycles. The van der Waals surface area contributed by atoms with Gasteiger partial charge in [-0.05, 0) is 6.42 Å². The number of rotatable bonds is 4. The summed E-state index contributed by atoms with van der Waals surface area (Å²) in [6, 6.07) is 10.7. The smallest absolute Gasteiger partial charge is 0.104 e. The fraction of sp³-hybridized carbons (Fsp3) is 0.500. The van der Waals surface area contributed by atoms with Crippen molar-refractivity contribution >= 4 is 0 Å². The van der Waals surface area contributed by atoms with E-state index in [1.54, 1.807) is 0 Å². The van der Waals surface area contributed by atoms with Crippen molar-refractivity contribution in [1.29, 1.82) is 0 Å². The van der Waals surface area contributed by atoms with Gasteiger partial charge in [-0.3, -0.25) is 0 Å². The zero-order valence-electron chi connectivity index (χ0n) is 8.96. The van der Waals surface area contributed by atoms with Gasteiger partial charge in [0.15, 0.2) is 0 Å². The molecule has 1 aromatic carbocycles. The van der Waals surface area contributed by atoms with Crippen LogP contribution in [0.4, 0.5) is 0 Å². The summed E-state index contributed by atoms with van der Waals surface area (Å²) in [6.07, 6.45) is 1.25. The van der Waals surface area contributed by atoms with Crippen LogP contribution in [0.2, 0.25) is 0 Å². The summed E-state index contributed by atoms with van der Waals surface area (Å²) in [5.41, 5.74) is 1.43. The second-order valence-electron chi connectivity index (χ2n) is 4.30. The molecule has 0 amide bonds. The van der Waals surface area contributed by atoms with Crippen molar-refractivity contribution in [2.45, 2.75) is 19.9 Å². The molecule has 0 aliphatic carbocycles. The Kier molecular flexibility index (Phi) is 3.49. The maximum Gasteiger partial charge on any atom is 0.104 e. The second-order valence-corrected chi connectivity index (χ2v) is 4.30. The van der Waals surface area contributed by atoms with Gasteiger partial charge in [0.05, 0.1) is 20.6 Å². The van der Waals surface area contributed by atoms with E-state index in [0.717, 1.165) is 11.0 Å². The summed E-state index contributed by atoms with van der Waals surface area (Å²) in [5, 5.41) is 0. The maximum atomic E-state index is 2.29. The van der Waals surface area contributed by atoms with Crippen molar-refractivity contribution in [1.82, 2.24) is 0 Å². The van der Waals surface area contributed by atoms with E-state index in [4.69, 9.17) is 0 Å². The Morgan fingerprint density at radius 2 is 1.69 bits per heavy atom. The van der Waals surface area contributed by atoms with E-state index in [2.05, 4.69) is 51.4 Å². The lowest BCUT2D eigenvalue weighted by atomic mass is 10.2. The van der Waals surface area contributed by atoms with Gasteiger partial charge in [-0.15, -0.1) is 0 Å². The Morgan fingerprint density at radius 3 is 2.23 bits per heavy atom. The number of nitrogens with zero attached hydrogens (tertiary/aromatic N) is 1. The summed E-state index contributed by atoms with van der Waals surface area (Å²) in [5.74, 6) is 0. The molecule has 0 saturated carbocycles. The van der Waals surface area contributed by atoms with E-state index in [-0.39, 0.29) is 0 Å². The van der Waals surface area contributed by atoms with Crippen molar-refractivity contribution in [2.75, 3.05) is 20.6 Å². The molecule has 1 nitrogen and oxygen atoms in total. The summed E-state index contributed by atoms with van der Waals surface area (Å²) in [6.45, 7) is 4.62. The van der Waals surface area contributed by atoms with Crippen LogP contribution in [0.1, 0.15) is 18.9 Å². The van der Waals surface area contributed by atoms with E-state index in [0.29, 0.717) is 0 Å². The van der Waals surface area contributed by atoms with E-state index in [1.165, 1.54) is 18.5 Å². The van der Waals surface area contributed by atoms with Gasteiger partial charge in [-0.2, -0.15) is 0 Å². The van der Waals surface area contributed by atoms with Gasteiger partial charge in [-0.1, -0.05) is 37.3 Å². The molecule has 0 saturated heterocycles. The van der Waals surface area contributed by atoms with Crippen molar-refractivity contribution in [3.8, 4) is 0 Å². The first kappa shape index (κ1) is 10.3. The van der Waals surface area contributed by atoms with Gasteiger partial charge in [0.25, 0.3) is 0 Å². The van der Waals surface area contributed by atoms with Gasteiger partial charge in [0, 0.05) is 5.56 Å². The second kappa shape index (κ2) is 4.43. The first-order valence-corrected chi connectivity index (χ1v) is 5.00. The predicted molar refractivity (Wildman–Crippen MR) is 57.4 cm³/mol. The summed E-state index contributed by atoms with van der Waals surface area (Å²) < 4.78 is 1.08. The largest absolute Gasteiger partial charge is 0.325 e. The van der Waals surface area contributed by atoms with Crippen molar-refractivity contribution in [3.05, 3.63) is 35.9 Å². The molecule has 1 aromatic rings. The van der Waals surface area contributed by atoms with Crippen LogP contribution in [-0.4, -0.2) is 25.1 Å². The molecule has 72 valence electrons. The molecule has 0 atom stereocenters. The average Bonchev–Trinajstić information content (AvgIpc) is 2.04. The fourth-order valence-electron chi connectivity index (χ4n) is 1.76. The molecule has 1 rings (SSSR count). The van der Waals surface area contributed by atoms with Crippen LogP contribution in [0, 0.1) is 0 Å².